The monoisotopic (exact) mass is 657 g/mol. The average molecular weight is 659 g/mol. The first-order valence-corrected chi connectivity index (χ1v) is 16.2. The fourth-order valence-electron chi connectivity index (χ4n) is 4.13. The maximum absolute atomic E-state index is 14.2. The highest BCUT2D eigenvalue weighted by molar-refractivity contribution is 7.92. The molecule has 0 aromatic heterocycles. The van der Waals surface area contributed by atoms with Crippen LogP contribution >= 0.6 is 46.4 Å². The topological polar surface area (TPSA) is 86.8 Å². The molecule has 0 aliphatic rings. The number of nitrogens with zero attached hydrogens (tertiary/aromatic N) is 2. The number of anilines is 1. The van der Waals surface area contributed by atoms with E-state index in [1.165, 1.54) is 23.1 Å². The molecule has 0 aliphatic heterocycles. The number of hydrogen-bond acceptors (Lipinski definition) is 4. The Labute approximate surface area is 261 Å². The highest BCUT2D eigenvalue weighted by Crippen LogP contribution is 2.34. The van der Waals surface area contributed by atoms with E-state index < -0.39 is 34.4 Å². The number of nitrogens with one attached hydrogen (secondary N) is 1. The van der Waals surface area contributed by atoms with Crippen LogP contribution in [0, 0.1) is 0 Å². The molecule has 7 nitrogen and oxygen atoms in total. The zero-order valence-corrected chi connectivity index (χ0v) is 26.6. The average Bonchev–Trinajstić information content (AvgIpc) is 2.92. The van der Waals surface area contributed by atoms with Crippen molar-refractivity contribution in [2.24, 2.45) is 0 Å². The molecule has 0 radical (unpaired) electrons. The van der Waals surface area contributed by atoms with Gasteiger partial charge in [-0.3, -0.25) is 13.9 Å². The van der Waals surface area contributed by atoms with Crippen molar-refractivity contribution in [1.29, 1.82) is 0 Å². The van der Waals surface area contributed by atoms with Crippen LogP contribution in [-0.4, -0.2) is 50.0 Å². The third-order valence-electron chi connectivity index (χ3n) is 6.54. The SMILES string of the molecule is CCC(C)NC(=O)C(Cc1ccccc1)N(Cc1c(Cl)cccc1Cl)C(=O)CN(c1cccc(Cl)c1Cl)S(C)(=O)=O. The summed E-state index contributed by atoms with van der Waals surface area (Å²) in [4.78, 5) is 29.2. The van der Waals surface area contributed by atoms with Gasteiger partial charge >= 0.3 is 0 Å². The maximum Gasteiger partial charge on any atom is 0.244 e. The predicted octanol–water partition coefficient (Wildman–Crippen LogP) is 6.62. The van der Waals surface area contributed by atoms with Gasteiger partial charge in [-0.15, -0.1) is 0 Å². The number of hydrogen-bond donors (Lipinski definition) is 1. The fraction of sp³-hybridized carbons (Fsp3) is 0.310. The molecule has 12 heteroatoms. The Morgan fingerprint density at radius 3 is 2.05 bits per heavy atom. The van der Waals surface area contributed by atoms with E-state index in [0.29, 0.717) is 22.0 Å². The van der Waals surface area contributed by atoms with Crippen molar-refractivity contribution in [3.63, 3.8) is 0 Å². The van der Waals surface area contributed by atoms with E-state index in [-0.39, 0.29) is 34.7 Å². The molecule has 1 N–H and O–H groups in total. The third-order valence-corrected chi connectivity index (χ3v) is 9.18. The molecule has 0 heterocycles. The van der Waals surface area contributed by atoms with Gasteiger partial charge in [0.1, 0.15) is 12.6 Å². The van der Waals surface area contributed by atoms with E-state index >= 15 is 0 Å². The molecule has 0 saturated carbocycles. The van der Waals surface area contributed by atoms with E-state index in [1.54, 1.807) is 18.2 Å². The molecule has 220 valence electrons. The zero-order chi connectivity index (χ0) is 30.3. The highest BCUT2D eigenvalue weighted by Gasteiger charge is 2.34. The molecule has 41 heavy (non-hydrogen) atoms. The van der Waals surface area contributed by atoms with Crippen molar-refractivity contribution >= 4 is 73.9 Å². The molecule has 3 aromatic rings. The summed E-state index contributed by atoms with van der Waals surface area (Å²) in [6.45, 7) is 3.00. The van der Waals surface area contributed by atoms with Gasteiger partial charge in [-0.05, 0) is 43.2 Å². The second-order valence-corrected chi connectivity index (χ2v) is 13.1. The van der Waals surface area contributed by atoms with Crippen LogP contribution in [0.25, 0.3) is 0 Å². The van der Waals surface area contributed by atoms with E-state index in [2.05, 4.69) is 5.32 Å². The quantitative estimate of drug-likeness (QED) is 0.237. The van der Waals surface area contributed by atoms with Gasteiger partial charge in [0.15, 0.2) is 0 Å². The zero-order valence-electron chi connectivity index (χ0n) is 22.8. The first-order valence-electron chi connectivity index (χ1n) is 12.8. The van der Waals surface area contributed by atoms with Crippen molar-refractivity contribution in [2.45, 2.75) is 45.3 Å². The molecule has 0 bridgehead atoms. The summed E-state index contributed by atoms with van der Waals surface area (Å²) in [5, 5.41) is 3.66. The summed E-state index contributed by atoms with van der Waals surface area (Å²) in [6.07, 6.45) is 1.79. The van der Waals surface area contributed by atoms with Crippen LogP contribution in [0.1, 0.15) is 31.4 Å². The lowest BCUT2D eigenvalue weighted by Gasteiger charge is -2.34. The van der Waals surface area contributed by atoms with Gasteiger partial charge in [0.05, 0.1) is 22.0 Å². The fourth-order valence-corrected chi connectivity index (χ4v) is 5.95. The lowest BCUT2D eigenvalue weighted by molar-refractivity contribution is -0.140. The van der Waals surface area contributed by atoms with E-state index in [4.69, 9.17) is 46.4 Å². The molecule has 3 rings (SSSR count). The molecule has 0 fully saturated rings. The molecule has 0 saturated heterocycles. The van der Waals surface area contributed by atoms with Gasteiger partial charge in [-0.2, -0.15) is 0 Å². The maximum atomic E-state index is 14.2. The number of carbonyl (C=O) groups excluding carboxylic acids is 2. The van der Waals surface area contributed by atoms with Crippen LogP contribution in [0.15, 0.2) is 66.7 Å². The number of benzene rings is 3. The van der Waals surface area contributed by atoms with Crippen LogP contribution in [0.5, 0.6) is 0 Å². The van der Waals surface area contributed by atoms with Gasteiger partial charge in [0, 0.05) is 34.6 Å². The lowest BCUT2D eigenvalue weighted by atomic mass is 10.0. The van der Waals surface area contributed by atoms with Crippen molar-refractivity contribution in [2.75, 3.05) is 17.1 Å². The molecular weight excluding hydrogens is 628 g/mol. The van der Waals surface area contributed by atoms with Crippen LogP contribution in [0.4, 0.5) is 5.69 Å². The van der Waals surface area contributed by atoms with Crippen LogP contribution in [0.3, 0.4) is 0 Å². The number of rotatable bonds is 12. The summed E-state index contributed by atoms with van der Waals surface area (Å²) in [5.74, 6) is -1.06. The van der Waals surface area contributed by atoms with Crippen molar-refractivity contribution < 1.29 is 18.0 Å². The minimum atomic E-state index is -4.01. The first kappa shape index (κ1) is 33.0. The molecule has 2 atom stereocenters. The minimum Gasteiger partial charge on any atom is -0.352 e. The number of sulfonamides is 1. The lowest BCUT2D eigenvalue weighted by Crippen LogP contribution is -2.54. The van der Waals surface area contributed by atoms with Crippen LogP contribution in [-0.2, 0) is 32.6 Å². The molecule has 2 amide bonds. The molecule has 3 aromatic carbocycles. The summed E-state index contributed by atoms with van der Waals surface area (Å²) < 4.78 is 26.7. The predicted molar refractivity (Wildman–Crippen MR) is 167 cm³/mol. The Kier molecular flexibility index (Phi) is 11.8. The second kappa shape index (κ2) is 14.6. The van der Waals surface area contributed by atoms with Gasteiger partial charge < -0.3 is 10.2 Å². The molecular formula is C29H31Cl4N3O4S. The van der Waals surface area contributed by atoms with E-state index in [0.717, 1.165) is 16.1 Å². The Morgan fingerprint density at radius 1 is 0.878 bits per heavy atom. The second-order valence-electron chi connectivity index (χ2n) is 9.59. The first-order chi connectivity index (χ1) is 19.3. The summed E-state index contributed by atoms with van der Waals surface area (Å²) in [7, 11) is -4.01. The van der Waals surface area contributed by atoms with E-state index in [9.17, 15) is 18.0 Å². The Balaban J connectivity index is 2.13. The van der Waals surface area contributed by atoms with Crippen molar-refractivity contribution in [3.8, 4) is 0 Å². The molecule has 2 unspecified atom stereocenters. The van der Waals surface area contributed by atoms with E-state index in [1.807, 2.05) is 44.2 Å². The van der Waals surface area contributed by atoms with Gasteiger partial charge in [0.25, 0.3) is 0 Å². The minimum absolute atomic E-state index is 0.0246. The van der Waals surface area contributed by atoms with Crippen LogP contribution in [0.2, 0.25) is 20.1 Å². The standard InChI is InChI=1S/C29H31Cl4N3O4S/c1-4-19(2)34-29(38)26(16-20-10-6-5-7-11-20)35(17-21-22(30)12-8-13-23(21)31)27(37)18-36(41(3,39)40)25-15-9-14-24(32)28(25)33/h5-15,19,26H,4,16-18H2,1-3H3,(H,34,38). The number of carbonyl (C=O) groups is 2. The van der Waals surface area contributed by atoms with Crippen molar-refractivity contribution in [1.82, 2.24) is 10.2 Å². The van der Waals surface area contributed by atoms with Gasteiger partial charge in [0.2, 0.25) is 21.8 Å². The van der Waals surface area contributed by atoms with Crippen LogP contribution < -0.4 is 9.62 Å². The summed E-state index contributed by atoms with van der Waals surface area (Å²) in [6, 6.07) is 17.5. The Hall–Kier alpha value is -2.49. The van der Waals surface area contributed by atoms with Gasteiger partial charge in [-0.25, -0.2) is 8.42 Å². The van der Waals surface area contributed by atoms with Crippen molar-refractivity contribution in [3.05, 3.63) is 97.9 Å². The number of amides is 2. The number of halogens is 4. The Morgan fingerprint density at radius 2 is 1.46 bits per heavy atom. The molecule has 0 spiro atoms. The Bertz CT molecular complexity index is 1470. The molecule has 0 aliphatic carbocycles. The smallest absolute Gasteiger partial charge is 0.244 e. The third kappa shape index (κ3) is 8.75. The summed E-state index contributed by atoms with van der Waals surface area (Å²) >= 11 is 25.5. The summed E-state index contributed by atoms with van der Waals surface area (Å²) in [5.41, 5.74) is 1.26. The normalized spacial score (nSPS) is 12.9. The van der Waals surface area contributed by atoms with Gasteiger partial charge in [-0.1, -0.05) is 95.8 Å². The highest BCUT2D eigenvalue weighted by atomic mass is 35.5. The largest absolute Gasteiger partial charge is 0.352 e.